The van der Waals surface area contributed by atoms with Gasteiger partial charge in [-0.15, -0.1) is 0 Å². The fourth-order valence-electron chi connectivity index (χ4n) is 2.98. The van der Waals surface area contributed by atoms with Gasteiger partial charge in [0.2, 0.25) is 0 Å². The van der Waals surface area contributed by atoms with Crippen molar-refractivity contribution in [3.63, 3.8) is 0 Å². The summed E-state index contributed by atoms with van der Waals surface area (Å²) in [6.07, 6.45) is 5.84. The Hall–Kier alpha value is -1.84. The van der Waals surface area contributed by atoms with Crippen LogP contribution in [-0.2, 0) is 16.6 Å². The molecule has 8 nitrogen and oxygen atoms in total. The molecule has 0 aliphatic carbocycles. The third-order valence-corrected chi connectivity index (χ3v) is 6.17. The van der Waals surface area contributed by atoms with Gasteiger partial charge >= 0.3 is 0 Å². The van der Waals surface area contributed by atoms with Gasteiger partial charge in [0.25, 0.3) is 10.2 Å². The molecule has 0 bridgehead atoms. The fourth-order valence-corrected chi connectivity index (χ4v) is 4.21. The van der Waals surface area contributed by atoms with Gasteiger partial charge in [0.05, 0.1) is 11.4 Å². The normalized spacial score (nSPS) is 19.7. The summed E-state index contributed by atoms with van der Waals surface area (Å²) in [7, 11) is -0.209. The summed E-state index contributed by atoms with van der Waals surface area (Å²) in [5, 5.41) is 6.82. The van der Waals surface area contributed by atoms with Crippen molar-refractivity contribution >= 4 is 10.2 Å². The highest BCUT2D eigenvalue weighted by molar-refractivity contribution is 7.86. The molecule has 24 heavy (non-hydrogen) atoms. The van der Waals surface area contributed by atoms with Crippen LogP contribution in [0.1, 0.15) is 18.5 Å². The molecule has 1 unspecified atom stereocenters. The van der Waals surface area contributed by atoms with Crippen LogP contribution < -0.4 is 0 Å². The Kier molecular flexibility index (Phi) is 4.93. The average molecular weight is 350 g/mol. The van der Waals surface area contributed by atoms with Crippen LogP contribution in [0.5, 0.6) is 0 Å². The molecule has 9 heteroatoms. The number of H-pyrrole nitrogens is 1. The molecular weight excluding hydrogens is 328 g/mol. The molecule has 3 heterocycles. The number of nitrogens with zero attached hydrogens (tertiary/aromatic N) is 5. The molecule has 0 radical (unpaired) electrons. The molecule has 2 aromatic rings. The molecule has 1 aliphatic heterocycles. The van der Waals surface area contributed by atoms with Crippen molar-refractivity contribution < 1.29 is 8.42 Å². The summed E-state index contributed by atoms with van der Waals surface area (Å²) >= 11 is 0. The number of hydrogen-bond donors (Lipinski definition) is 1. The Bertz CT molecular complexity index is 775. The quantitative estimate of drug-likeness (QED) is 0.865. The Morgan fingerprint density at radius 3 is 2.92 bits per heavy atom. The molecule has 0 saturated carbocycles. The van der Waals surface area contributed by atoms with Gasteiger partial charge in [-0.3, -0.25) is 5.10 Å². The van der Waals surface area contributed by atoms with Gasteiger partial charge in [-0.2, -0.15) is 22.1 Å². The maximum atomic E-state index is 12.3. The van der Waals surface area contributed by atoms with Crippen LogP contribution in [-0.4, -0.2) is 64.4 Å². The largest absolute Gasteiger partial charge is 0.281 e. The molecule has 0 amide bonds. The minimum absolute atomic E-state index is 0.262. The van der Waals surface area contributed by atoms with E-state index in [0.29, 0.717) is 13.1 Å². The Morgan fingerprint density at radius 1 is 1.38 bits per heavy atom. The lowest BCUT2D eigenvalue weighted by Crippen LogP contribution is -2.45. The molecule has 1 N–H and O–H groups in total. The van der Waals surface area contributed by atoms with Crippen LogP contribution in [0, 0.1) is 5.92 Å². The summed E-state index contributed by atoms with van der Waals surface area (Å²) in [5.74, 6) is 0.262. The highest BCUT2D eigenvalue weighted by atomic mass is 32.2. The first-order valence-electron chi connectivity index (χ1n) is 7.95. The standard InChI is InChI=1S/C15H22N6O2S/c1-20(2)24(22,23)21-7-3-4-12(10-21)8-13-9-15(17-11-16-13)14-5-6-18-19-14/h5-6,9,11-12H,3-4,7-8,10H2,1-2H3,(H,18,19). The zero-order valence-corrected chi connectivity index (χ0v) is 14.7. The Labute approximate surface area is 142 Å². The average Bonchev–Trinajstić information content (AvgIpc) is 3.10. The number of hydrogen-bond acceptors (Lipinski definition) is 5. The van der Waals surface area contributed by atoms with E-state index in [1.165, 1.54) is 4.31 Å². The fraction of sp³-hybridized carbons (Fsp3) is 0.533. The summed E-state index contributed by atoms with van der Waals surface area (Å²) < 4.78 is 27.5. The van der Waals surface area contributed by atoms with Gasteiger partial charge in [0.15, 0.2) is 0 Å². The lowest BCUT2D eigenvalue weighted by molar-refractivity contribution is 0.253. The van der Waals surface area contributed by atoms with Crippen LogP contribution >= 0.6 is 0 Å². The van der Waals surface area contributed by atoms with E-state index in [9.17, 15) is 8.42 Å². The second-order valence-corrected chi connectivity index (χ2v) is 8.37. The zero-order chi connectivity index (χ0) is 17.2. The molecule has 1 aliphatic rings. The maximum absolute atomic E-state index is 12.3. The van der Waals surface area contributed by atoms with Crippen molar-refractivity contribution in [3.8, 4) is 11.4 Å². The molecule has 2 aromatic heterocycles. The predicted octanol–water partition coefficient (Wildman–Crippen LogP) is 0.928. The van der Waals surface area contributed by atoms with E-state index in [1.807, 2.05) is 12.1 Å². The summed E-state index contributed by atoms with van der Waals surface area (Å²) in [6, 6.07) is 3.80. The van der Waals surface area contributed by atoms with Gasteiger partial charge in [0.1, 0.15) is 6.33 Å². The Balaban J connectivity index is 1.71. The minimum Gasteiger partial charge on any atom is -0.276 e. The highest BCUT2D eigenvalue weighted by Crippen LogP contribution is 2.24. The predicted molar refractivity (Wildman–Crippen MR) is 90.2 cm³/mol. The number of piperidine rings is 1. The lowest BCUT2D eigenvalue weighted by Gasteiger charge is -2.33. The van der Waals surface area contributed by atoms with Gasteiger partial charge in [-0.1, -0.05) is 0 Å². The van der Waals surface area contributed by atoms with E-state index in [4.69, 9.17) is 0 Å². The maximum Gasteiger partial charge on any atom is 0.281 e. The summed E-state index contributed by atoms with van der Waals surface area (Å²) in [6.45, 7) is 1.12. The van der Waals surface area contributed by atoms with E-state index in [2.05, 4.69) is 20.2 Å². The van der Waals surface area contributed by atoms with Crippen LogP contribution in [0.2, 0.25) is 0 Å². The summed E-state index contributed by atoms with van der Waals surface area (Å²) in [4.78, 5) is 8.60. The molecule has 3 rings (SSSR count). The molecule has 130 valence electrons. The van der Waals surface area contributed by atoms with Crippen molar-refractivity contribution in [2.24, 2.45) is 5.92 Å². The third-order valence-electron chi connectivity index (χ3n) is 4.27. The Morgan fingerprint density at radius 2 is 2.21 bits per heavy atom. The minimum atomic E-state index is -3.35. The third kappa shape index (κ3) is 3.63. The number of aromatic amines is 1. The second-order valence-electron chi connectivity index (χ2n) is 6.23. The first-order valence-corrected chi connectivity index (χ1v) is 9.35. The van der Waals surface area contributed by atoms with Crippen molar-refractivity contribution in [3.05, 3.63) is 30.4 Å². The molecule has 0 spiro atoms. The van der Waals surface area contributed by atoms with Gasteiger partial charge in [-0.25, -0.2) is 9.97 Å². The smallest absolute Gasteiger partial charge is 0.276 e. The van der Waals surface area contributed by atoms with E-state index in [0.717, 1.165) is 36.3 Å². The monoisotopic (exact) mass is 350 g/mol. The lowest BCUT2D eigenvalue weighted by atomic mass is 9.94. The van der Waals surface area contributed by atoms with Crippen molar-refractivity contribution in [1.29, 1.82) is 0 Å². The van der Waals surface area contributed by atoms with Gasteiger partial charge < -0.3 is 0 Å². The summed E-state index contributed by atoms with van der Waals surface area (Å²) in [5.41, 5.74) is 2.56. The number of nitrogens with one attached hydrogen (secondary N) is 1. The molecule has 1 fully saturated rings. The van der Waals surface area contributed by atoms with E-state index in [-0.39, 0.29) is 5.92 Å². The number of aromatic nitrogens is 4. The van der Waals surface area contributed by atoms with Crippen molar-refractivity contribution in [2.45, 2.75) is 19.3 Å². The van der Waals surface area contributed by atoms with Crippen LogP contribution in [0.3, 0.4) is 0 Å². The SMILES string of the molecule is CN(C)S(=O)(=O)N1CCCC(Cc2cc(-c3ccn[nH]3)ncn2)C1. The number of rotatable bonds is 5. The van der Waals surface area contributed by atoms with Gasteiger partial charge in [0, 0.05) is 39.1 Å². The first kappa shape index (κ1) is 17.0. The molecule has 1 atom stereocenters. The topological polar surface area (TPSA) is 95.1 Å². The molecular formula is C15H22N6O2S. The zero-order valence-electron chi connectivity index (χ0n) is 13.9. The van der Waals surface area contributed by atoms with Crippen LogP contribution in [0.25, 0.3) is 11.4 Å². The van der Waals surface area contributed by atoms with E-state index < -0.39 is 10.2 Å². The molecule has 0 aromatic carbocycles. The highest BCUT2D eigenvalue weighted by Gasteiger charge is 2.30. The first-order chi connectivity index (χ1) is 11.5. The van der Waals surface area contributed by atoms with E-state index >= 15 is 0 Å². The second kappa shape index (κ2) is 6.96. The van der Waals surface area contributed by atoms with Crippen molar-refractivity contribution in [2.75, 3.05) is 27.2 Å². The molecule has 1 saturated heterocycles. The van der Waals surface area contributed by atoms with E-state index in [1.54, 1.807) is 30.9 Å². The van der Waals surface area contributed by atoms with Crippen molar-refractivity contribution in [1.82, 2.24) is 28.8 Å². The van der Waals surface area contributed by atoms with Gasteiger partial charge in [-0.05, 0) is 37.3 Å². The van der Waals surface area contributed by atoms with Crippen LogP contribution in [0.4, 0.5) is 0 Å². The van der Waals surface area contributed by atoms with Crippen LogP contribution in [0.15, 0.2) is 24.7 Å².